The zero-order valence-electron chi connectivity index (χ0n) is 30.8. The summed E-state index contributed by atoms with van der Waals surface area (Å²) in [5, 5.41) is 8.39. The molecule has 2 aliphatic carbocycles. The van der Waals surface area contributed by atoms with Gasteiger partial charge in [-0.25, -0.2) is 9.18 Å². The van der Waals surface area contributed by atoms with Crippen LogP contribution in [0.2, 0.25) is 0 Å². The molecule has 0 radical (unpaired) electrons. The molecular formula is C37H54FN7O6. The molecule has 0 bridgehead atoms. The number of primary amides is 1. The van der Waals surface area contributed by atoms with E-state index >= 15 is 0 Å². The SMILES string of the molecule is CC(C)[C@H](NC(=O)N[C@H](C(=O)N1C[C@H]2[C@@H]([C@H]1C(=O)NC(CC1CC1)C(=O)C(N)=O)C2(C)C)C(C)(C)C)C(=O)N1CCN(c2ccccc2F)CC1. The van der Waals surface area contributed by atoms with E-state index in [4.69, 9.17) is 5.73 Å². The summed E-state index contributed by atoms with van der Waals surface area (Å²) in [6, 6.07) is 1.92. The first-order valence-electron chi connectivity index (χ1n) is 18.1. The highest BCUT2D eigenvalue weighted by Gasteiger charge is 2.70. The molecule has 1 aromatic rings. The number of carbonyl (C=O) groups is 6. The maximum atomic E-state index is 14.4. The highest BCUT2D eigenvalue weighted by molar-refractivity contribution is 6.37. The van der Waals surface area contributed by atoms with Crippen molar-refractivity contribution in [2.45, 2.75) is 91.9 Å². The Hall–Kier alpha value is -4.23. The third-order valence-corrected chi connectivity index (χ3v) is 11.3. The fourth-order valence-electron chi connectivity index (χ4n) is 7.88. The molecule has 51 heavy (non-hydrogen) atoms. The van der Waals surface area contributed by atoms with Crippen LogP contribution < -0.4 is 26.6 Å². The fourth-order valence-corrected chi connectivity index (χ4v) is 7.88. The van der Waals surface area contributed by atoms with Gasteiger partial charge in [0.25, 0.3) is 5.91 Å². The van der Waals surface area contributed by atoms with Crippen molar-refractivity contribution in [3.63, 3.8) is 0 Å². The lowest BCUT2D eigenvalue weighted by Gasteiger charge is -2.39. The number of hydrogen-bond donors (Lipinski definition) is 4. The van der Waals surface area contributed by atoms with Crippen LogP contribution in [-0.4, -0.2) is 102 Å². The van der Waals surface area contributed by atoms with Gasteiger partial charge in [0, 0.05) is 32.7 Å². The second-order valence-corrected chi connectivity index (χ2v) is 16.8. The standard InChI is InChI=1S/C37H54FN7O6/c1-20(2)27(33(49)44-16-14-43(15-17-44)25-11-9-8-10-23(25)38)41-35(51)42-30(36(3,4)5)34(50)45-19-22-26(37(22,6)7)28(45)32(48)40-24(18-21-12-13-21)29(46)31(39)47/h8-11,20-22,24,26-28,30H,12-19H2,1-7H3,(H2,39,47)(H,40,48)(H2,41,42,51)/t22-,24?,26-,27-,28-,30+/m0/s1. The number of likely N-dealkylation sites (tertiary alicyclic amines) is 1. The molecule has 1 unspecified atom stereocenters. The van der Waals surface area contributed by atoms with Gasteiger partial charge in [-0.05, 0) is 53.1 Å². The Balaban J connectivity index is 1.26. The number of rotatable bonds is 12. The minimum absolute atomic E-state index is 0.0437. The molecule has 6 atom stereocenters. The molecule has 2 saturated carbocycles. The number of benzene rings is 1. The summed E-state index contributed by atoms with van der Waals surface area (Å²) < 4.78 is 14.4. The molecule has 4 fully saturated rings. The van der Waals surface area contributed by atoms with Crippen LogP contribution in [0.15, 0.2) is 24.3 Å². The molecule has 13 nitrogen and oxygen atoms in total. The van der Waals surface area contributed by atoms with Crippen LogP contribution in [0, 0.1) is 40.3 Å². The molecule has 280 valence electrons. The van der Waals surface area contributed by atoms with Gasteiger partial charge in [-0.3, -0.25) is 24.0 Å². The number of nitrogens with two attached hydrogens (primary N) is 1. The van der Waals surface area contributed by atoms with Crippen molar-refractivity contribution in [2.24, 2.45) is 40.2 Å². The van der Waals surface area contributed by atoms with Gasteiger partial charge in [0.1, 0.15) is 23.9 Å². The van der Waals surface area contributed by atoms with Gasteiger partial charge in [0.05, 0.1) is 11.7 Å². The van der Waals surface area contributed by atoms with Crippen LogP contribution in [-0.2, 0) is 24.0 Å². The minimum atomic E-state index is -1.11. The highest BCUT2D eigenvalue weighted by atomic mass is 19.1. The summed E-state index contributed by atoms with van der Waals surface area (Å²) in [6.45, 7) is 15.0. The first-order chi connectivity index (χ1) is 23.8. The first-order valence-corrected chi connectivity index (χ1v) is 18.1. The number of hydrogen-bond acceptors (Lipinski definition) is 7. The number of piperazine rings is 1. The summed E-state index contributed by atoms with van der Waals surface area (Å²) in [5.74, 6) is -3.69. The third-order valence-electron chi connectivity index (χ3n) is 11.3. The number of ketones is 1. The van der Waals surface area contributed by atoms with Crippen LogP contribution in [0.5, 0.6) is 0 Å². The van der Waals surface area contributed by atoms with Gasteiger partial charge < -0.3 is 36.4 Å². The lowest BCUT2D eigenvalue weighted by Crippen LogP contribution is -2.63. The number of halogens is 1. The molecule has 1 aromatic carbocycles. The molecule has 0 aromatic heterocycles. The zero-order chi connectivity index (χ0) is 37.6. The normalized spacial score (nSPS) is 24.3. The number of nitrogens with one attached hydrogen (secondary N) is 3. The van der Waals surface area contributed by atoms with Gasteiger partial charge in [-0.15, -0.1) is 0 Å². The largest absolute Gasteiger partial charge is 0.366 e. The van der Waals surface area contributed by atoms with Gasteiger partial charge in [-0.2, -0.15) is 0 Å². The second-order valence-electron chi connectivity index (χ2n) is 16.8. The number of para-hydroxylation sites is 1. The zero-order valence-corrected chi connectivity index (χ0v) is 30.8. The van der Waals surface area contributed by atoms with E-state index in [0.29, 0.717) is 44.8 Å². The number of amides is 6. The van der Waals surface area contributed by atoms with E-state index in [2.05, 4.69) is 16.0 Å². The van der Waals surface area contributed by atoms with Crippen molar-refractivity contribution in [1.82, 2.24) is 25.8 Å². The van der Waals surface area contributed by atoms with Crippen LogP contribution >= 0.6 is 0 Å². The molecule has 0 spiro atoms. The summed E-state index contributed by atoms with van der Waals surface area (Å²) in [4.78, 5) is 85.1. The van der Waals surface area contributed by atoms with E-state index in [-0.39, 0.29) is 40.8 Å². The molecule has 6 amide bonds. The van der Waals surface area contributed by atoms with Crippen LogP contribution in [0.25, 0.3) is 0 Å². The van der Waals surface area contributed by atoms with E-state index in [1.54, 1.807) is 23.1 Å². The first kappa shape index (κ1) is 38.0. The smallest absolute Gasteiger partial charge is 0.316 e. The predicted molar refractivity (Wildman–Crippen MR) is 188 cm³/mol. The Labute approximate surface area is 299 Å². The third kappa shape index (κ3) is 8.14. The number of urea groups is 1. The van der Waals surface area contributed by atoms with E-state index in [0.717, 1.165) is 12.8 Å². The van der Waals surface area contributed by atoms with Crippen LogP contribution in [0.3, 0.4) is 0 Å². The fraction of sp³-hybridized carbons (Fsp3) is 0.676. The lowest BCUT2D eigenvalue weighted by atomic mass is 9.85. The van der Waals surface area contributed by atoms with E-state index in [9.17, 15) is 33.2 Å². The molecule has 2 aliphatic heterocycles. The van der Waals surface area contributed by atoms with Gasteiger partial charge in [0.2, 0.25) is 23.5 Å². The maximum Gasteiger partial charge on any atom is 0.316 e. The molecule has 2 heterocycles. The van der Waals surface area contributed by atoms with Crippen molar-refractivity contribution in [3.05, 3.63) is 30.1 Å². The van der Waals surface area contributed by atoms with Crippen molar-refractivity contribution < 1.29 is 33.2 Å². The Bertz CT molecular complexity index is 1550. The monoisotopic (exact) mass is 711 g/mol. The molecule has 4 aliphatic rings. The summed E-state index contributed by atoms with van der Waals surface area (Å²) in [6.07, 6.45) is 2.12. The van der Waals surface area contributed by atoms with Gasteiger partial charge in [0.15, 0.2) is 0 Å². The van der Waals surface area contributed by atoms with E-state index < -0.39 is 59.1 Å². The van der Waals surface area contributed by atoms with E-state index in [1.165, 1.54) is 11.0 Å². The number of piperidine rings is 1. The quantitative estimate of drug-likeness (QED) is 0.240. The Morgan fingerprint density at radius 3 is 2.12 bits per heavy atom. The molecule has 5 rings (SSSR count). The lowest BCUT2D eigenvalue weighted by molar-refractivity contribution is -0.145. The van der Waals surface area contributed by atoms with Crippen LogP contribution in [0.1, 0.15) is 67.7 Å². The molecular weight excluding hydrogens is 657 g/mol. The Morgan fingerprint density at radius 2 is 1.57 bits per heavy atom. The Kier molecular flexibility index (Phi) is 10.7. The van der Waals surface area contributed by atoms with Gasteiger partial charge >= 0.3 is 6.03 Å². The number of fused-ring (bicyclic) bond motifs is 1. The number of nitrogens with zero attached hydrogens (tertiary/aromatic N) is 3. The van der Waals surface area contributed by atoms with Crippen molar-refractivity contribution >= 4 is 41.1 Å². The predicted octanol–water partition coefficient (Wildman–Crippen LogP) is 2.04. The topological polar surface area (TPSA) is 174 Å². The van der Waals surface area contributed by atoms with Crippen molar-refractivity contribution in [2.75, 3.05) is 37.6 Å². The van der Waals surface area contributed by atoms with Crippen molar-refractivity contribution in [1.29, 1.82) is 0 Å². The number of carbonyl (C=O) groups excluding carboxylic acids is 6. The summed E-state index contributed by atoms with van der Waals surface area (Å²) in [5.41, 5.74) is 4.79. The maximum absolute atomic E-state index is 14.4. The van der Waals surface area contributed by atoms with E-state index in [1.807, 2.05) is 53.4 Å². The van der Waals surface area contributed by atoms with Crippen molar-refractivity contribution in [3.8, 4) is 0 Å². The van der Waals surface area contributed by atoms with Gasteiger partial charge in [-0.1, -0.05) is 73.4 Å². The molecule has 2 saturated heterocycles. The highest BCUT2D eigenvalue weighted by Crippen LogP contribution is 2.65. The molecule has 14 heteroatoms. The average molecular weight is 712 g/mol. The summed E-state index contributed by atoms with van der Waals surface area (Å²) in [7, 11) is 0. The number of Topliss-reactive ketones (excluding diaryl/α,β-unsaturated/α-hetero) is 1. The minimum Gasteiger partial charge on any atom is -0.366 e. The van der Waals surface area contributed by atoms with Crippen LogP contribution in [0.4, 0.5) is 14.9 Å². The Morgan fingerprint density at radius 1 is 0.941 bits per heavy atom. The average Bonchev–Trinajstić information content (AvgIpc) is 3.92. The summed E-state index contributed by atoms with van der Waals surface area (Å²) >= 11 is 0. The second kappa shape index (κ2) is 14.4. The number of anilines is 1. The molecule has 5 N–H and O–H groups in total.